The summed E-state index contributed by atoms with van der Waals surface area (Å²) in [4.78, 5) is 6.28. The molecule has 0 spiro atoms. The molecule has 0 aliphatic heterocycles. The minimum Gasteiger partial charge on any atom is -0.375 e. The number of hydrogen-bond acceptors (Lipinski definition) is 3. The Balaban J connectivity index is 2.12. The van der Waals surface area contributed by atoms with Crippen LogP contribution in [0.5, 0.6) is 0 Å². The van der Waals surface area contributed by atoms with Crippen molar-refractivity contribution in [3.63, 3.8) is 0 Å². The van der Waals surface area contributed by atoms with E-state index in [1.807, 2.05) is 54.3 Å². The zero-order valence-corrected chi connectivity index (χ0v) is 8.96. The fraction of sp³-hybridized carbons (Fsp3) is 0.273. The van der Waals surface area contributed by atoms with Gasteiger partial charge in [0.1, 0.15) is 0 Å². The second-order valence-electron chi connectivity index (χ2n) is 3.61. The number of rotatable bonds is 3. The van der Waals surface area contributed by atoms with Crippen LogP contribution in [0.2, 0.25) is 0 Å². The highest BCUT2D eigenvalue weighted by Gasteiger charge is 2.00. The molecule has 0 aliphatic carbocycles. The lowest BCUT2D eigenvalue weighted by atomic mass is 10.3. The predicted octanol–water partition coefficient (Wildman–Crippen LogP) is 1.39. The van der Waals surface area contributed by atoms with Crippen molar-refractivity contribution in [2.24, 2.45) is 0 Å². The molecule has 0 radical (unpaired) electrons. The third-order valence-electron chi connectivity index (χ3n) is 2.19. The molecule has 0 bridgehead atoms. The summed E-state index contributed by atoms with van der Waals surface area (Å²) in [5.41, 5.74) is 2.12. The van der Waals surface area contributed by atoms with Crippen LogP contribution in [0, 0.1) is 0 Å². The number of anilines is 1. The third kappa shape index (κ3) is 2.34. The van der Waals surface area contributed by atoms with Crippen LogP contribution >= 0.6 is 0 Å². The van der Waals surface area contributed by atoms with E-state index in [1.165, 1.54) is 0 Å². The Labute approximate surface area is 89.2 Å². The summed E-state index contributed by atoms with van der Waals surface area (Å²) in [6.07, 6.45) is 5.66. The van der Waals surface area contributed by atoms with Gasteiger partial charge in [-0.1, -0.05) is 6.07 Å². The van der Waals surface area contributed by atoms with E-state index in [0.29, 0.717) is 6.54 Å². The zero-order valence-electron chi connectivity index (χ0n) is 8.96. The Morgan fingerprint density at radius 3 is 2.80 bits per heavy atom. The molecule has 78 valence electrons. The summed E-state index contributed by atoms with van der Waals surface area (Å²) < 4.78 is 1.89. The SMILES string of the molecule is CN(C)c1cnn(Cc2ccccn2)c1. The van der Waals surface area contributed by atoms with Crippen LogP contribution in [-0.2, 0) is 6.54 Å². The first kappa shape index (κ1) is 9.71. The Kier molecular flexibility index (Phi) is 2.67. The maximum Gasteiger partial charge on any atom is 0.0832 e. The van der Waals surface area contributed by atoms with Gasteiger partial charge in [0.25, 0.3) is 0 Å². The molecule has 2 aromatic heterocycles. The van der Waals surface area contributed by atoms with Crippen molar-refractivity contribution >= 4 is 5.69 Å². The minimum atomic E-state index is 0.717. The highest BCUT2D eigenvalue weighted by atomic mass is 15.3. The van der Waals surface area contributed by atoms with E-state index in [-0.39, 0.29) is 0 Å². The van der Waals surface area contributed by atoms with Gasteiger partial charge in [0, 0.05) is 26.5 Å². The lowest BCUT2D eigenvalue weighted by Gasteiger charge is -2.07. The molecule has 0 aliphatic rings. The van der Waals surface area contributed by atoms with Gasteiger partial charge in [0.2, 0.25) is 0 Å². The predicted molar refractivity (Wildman–Crippen MR) is 59.9 cm³/mol. The van der Waals surface area contributed by atoms with E-state index in [1.54, 1.807) is 6.20 Å². The molecule has 4 heteroatoms. The molecule has 0 aromatic carbocycles. The minimum absolute atomic E-state index is 0.717. The van der Waals surface area contributed by atoms with Crippen LogP contribution in [-0.4, -0.2) is 28.9 Å². The standard InChI is InChI=1S/C11H14N4/c1-14(2)11-7-13-15(9-11)8-10-5-3-4-6-12-10/h3-7,9H,8H2,1-2H3. The quantitative estimate of drug-likeness (QED) is 0.754. The third-order valence-corrected chi connectivity index (χ3v) is 2.19. The van der Waals surface area contributed by atoms with E-state index in [2.05, 4.69) is 10.1 Å². The molecule has 15 heavy (non-hydrogen) atoms. The molecule has 2 rings (SSSR count). The molecule has 0 unspecified atom stereocenters. The highest BCUT2D eigenvalue weighted by molar-refractivity contribution is 5.39. The van der Waals surface area contributed by atoms with Crippen LogP contribution in [0.3, 0.4) is 0 Å². The van der Waals surface area contributed by atoms with Crippen molar-refractivity contribution in [2.75, 3.05) is 19.0 Å². The topological polar surface area (TPSA) is 34.0 Å². The first-order chi connectivity index (χ1) is 7.25. The molecule has 0 atom stereocenters. The van der Waals surface area contributed by atoms with Crippen molar-refractivity contribution in [2.45, 2.75) is 6.54 Å². The number of aromatic nitrogens is 3. The van der Waals surface area contributed by atoms with Crippen LogP contribution in [0.25, 0.3) is 0 Å². The molecule has 2 aromatic rings. The highest BCUT2D eigenvalue weighted by Crippen LogP contribution is 2.09. The molecule has 0 saturated heterocycles. The van der Waals surface area contributed by atoms with Crippen LogP contribution in [0.1, 0.15) is 5.69 Å². The lowest BCUT2D eigenvalue weighted by Crippen LogP contribution is -2.07. The summed E-state index contributed by atoms with van der Waals surface area (Å²) in [6.45, 7) is 0.717. The molecule has 0 N–H and O–H groups in total. The van der Waals surface area contributed by atoms with Gasteiger partial charge >= 0.3 is 0 Å². The van der Waals surface area contributed by atoms with E-state index >= 15 is 0 Å². The monoisotopic (exact) mass is 202 g/mol. The molecule has 2 heterocycles. The van der Waals surface area contributed by atoms with E-state index in [4.69, 9.17) is 0 Å². The van der Waals surface area contributed by atoms with E-state index < -0.39 is 0 Å². The molecular formula is C11H14N4. The van der Waals surface area contributed by atoms with Gasteiger partial charge in [-0.25, -0.2) is 0 Å². The summed E-state index contributed by atoms with van der Waals surface area (Å²) in [5.74, 6) is 0. The van der Waals surface area contributed by atoms with Crippen LogP contribution in [0.4, 0.5) is 5.69 Å². The van der Waals surface area contributed by atoms with Gasteiger partial charge in [-0.2, -0.15) is 5.10 Å². The van der Waals surface area contributed by atoms with E-state index in [9.17, 15) is 0 Å². The summed E-state index contributed by atoms with van der Waals surface area (Å²) in [6, 6.07) is 5.90. The van der Waals surface area contributed by atoms with Gasteiger partial charge in [0.05, 0.1) is 24.1 Å². The number of nitrogens with zero attached hydrogens (tertiary/aromatic N) is 4. The Hall–Kier alpha value is -1.84. The van der Waals surface area contributed by atoms with Gasteiger partial charge < -0.3 is 4.90 Å². The Bertz CT molecular complexity index is 419. The summed E-state index contributed by atoms with van der Waals surface area (Å²) in [7, 11) is 4.00. The fourth-order valence-electron chi connectivity index (χ4n) is 1.33. The number of hydrogen-bond donors (Lipinski definition) is 0. The maximum absolute atomic E-state index is 4.27. The molecular weight excluding hydrogens is 188 g/mol. The van der Waals surface area contributed by atoms with Crippen LogP contribution < -0.4 is 4.90 Å². The normalized spacial score (nSPS) is 10.3. The lowest BCUT2D eigenvalue weighted by molar-refractivity contribution is 0.672. The van der Waals surface area contributed by atoms with Gasteiger partial charge in [-0.3, -0.25) is 9.67 Å². The van der Waals surface area contributed by atoms with Gasteiger partial charge in [-0.05, 0) is 12.1 Å². The Morgan fingerprint density at radius 2 is 2.20 bits per heavy atom. The van der Waals surface area contributed by atoms with E-state index in [0.717, 1.165) is 11.4 Å². The largest absolute Gasteiger partial charge is 0.375 e. The molecule has 0 fully saturated rings. The first-order valence-corrected chi connectivity index (χ1v) is 4.85. The van der Waals surface area contributed by atoms with Gasteiger partial charge in [0.15, 0.2) is 0 Å². The Morgan fingerprint density at radius 1 is 1.33 bits per heavy atom. The zero-order chi connectivity index (χ0) is 10.7. The summed E-state index contributed by atoms with van der Waals surface area (Å²) >= 11 is 0. The van der Waals surface area contributed by atoms with Crippen molar-refractivity contribution < 1.29 is 0 Å². The van der Waals surface area contributed by atoms with Gasteiger partial charge in [-0.15, -0.1) is 0 Å². The number of pyridine rings is 1. The fourth-order valence-corrected chi connectivity index (χ4v) is 1.33. The first-order valence-electron chi connectivity index (χ1n) is 4.85. The second-order valence-corrected chi connectivity index (χ2v) is 3.61. The summed E-state index contributed by atoms with van der Waals surface area (Å²) in [5, 5.41) is 4.27. The average Bonchev–Trinajstić information content (AvgIpc) is 2.68. The second kappa shape index (κ2) is 4.13. The van der Waals surface area contributed by atoms with Crippen molar-refractivity contribution in [3.05, 3.63) is 42.5 Å². The molecule has 0 saturated carbocycles. The smallest absolute Gasteiger partial charge is 0.0832 e. The average molecular weight is 202 g/mol. The van der Waals surface area contributed by atoms with Crippen molar-refractivity contribution in [1.82, 2.24) is 14.8 Å². The van der Waals surface area contributed by atoms with Crippen LogP contribution in [0.15, 0.2) is 36.8 Å². The van der Waals surface area contributed by atoms with Crippen molar-refractivity contribution in [1.29, 1.82) is 0 Å². The molecule has 4 nitrogen and oxygen atoms in total. The molecule has 0 amide bonds. The van der Waals surface area contributed by atoms with Crippen molar-refractivity contribution in [3.8, 4) is 0 Å². The maximum atomic E-state index is 4.27.